The first-order valence-electron chi connectivity index (χ1n) is 5.34. The van der Waals surface area contributed by atoms with Crippen LogP contribution in [0, 0.1) is 16.2 Å². The van der Waals surface area contributed by atoms with Crippen LogP contribution in [-0.2, 0) is 6.54 Å². The van der Waals surface area contributed by atoms with Gasteiger partial charge in [0, 0.05) is 5.56 Å². The van der Waals surface area contributed by atoms with Gasteiger partial charge in [-0.05, 0) is 36.5 Å². The van der Waals surface area contributed by atoms with Crippen molar-refractivity contribution in [1.29, 1.82) is 5.26 Å². The fourth-order valence-electron chi connectivity index (χ4n) is 1.45. The molecule has 0 saturated heterocycles. The molecule has 5 nitrogen and oxygen atoms in total. The highest BCUT2D eigenvalue weighted by Gasteiger charge is 2.07. The fraction of sp³-hybridized carbons (Fsp3) is 0.250. The first-order chi connectivity index (χ1) is 8.74. The van der Waals surface area contributed by atoms with Crippen LogP contribution >= 0.6 is 12.2 Å². The number of methoxy groups -OCH3 is 1. The van der Waals surface area contributed by atoms with E-state index in [9.17, 15) is 0 Å². The van der Waals surface area contributed by atoms with Crippen LogP contribution in [0.1, 0.15) is 6.42 Å². The second kappa shape index (κ2) is 5.47. The molecule has 0 unspecified atom stereocenters. The smallest absolute Gasteiger partial charge is 0.287 e. The molecule has 92 valence electrons. The summed E-state index contributed by atoms with van der Waals surface area (Å²) in [7, 11) is 1.61. The van der Waals surface area contributed by atoms with E-state index in [0.29, 0.717) is 18.9 Å². The molecule has 0 fully saturated rings. The van der Waals surface area contributed by atoms with Crippen LogP contribution in [0.3, 0.4) is 0 Å². The molecule has 0 radical (unpaired) electrons. The van der Waals surface area contributed by atoms with Gasteiger partial charge in [0.15, 0.2) is 0 Å². The lowest BCUT2D eigenvalue weighted by molar-refractivity contribution is 0.415. The number of hydrogen-bond acceptors (Lipinski definition) is 5. The average Bonchev–Trinajstić information content (AvgIpc) is 2.78. The topological polar surface area (TPSA) is 64.0 Å². The number of aryl methyl sites for hydroxylation is 1. The Balaban J connectivity index is 2.28. The summed E-state index contributed by atoms with van der Waals surface area (Å²) in [4.78, 5) is 0.274. The maximum absolute atomic E-state index is 8.53. The molecule has 1 heterocycles. The van der Waals surface area contributed by atoms with Crippen molar-refractivity contribution in [2.75, 3.05) is 7.11 Å². The summed E-state index contributed by atoms with van der Waals surface area (Å²) in [5, 5.41) is 12.8. The third-order valence-electron chi connectivity index (χ3n) is 2.38. The van der Waals surface area contributed by atoms with Crippen LogP contribution in [0.4, 0.5) is 0 Å². The van der Waals surface area contributed by atoms with E-state index >= 15 is 0 Å². The minimum atomic E-state index is 0.274. The van der Waals surface area contributed by atoms with Gasteiger partial charge in [-0.15, -0.1) is 5.10 Å². The van der Waals surface area contributed by atoms with Crippen molar-refractivity contribution in [1.82, 2.24) is 9.78 Å². The van der Waals surface area contributed by atoms with Crippen LogP contribution in [0.25, 0.3) is 11.5 Å². The number of nitriles is 1. The quantitative estimate of drug-likeness (QED) is 0.792. The molecule has 0 aliphatic carbocycles. The van der Waals surface area contributed by atoms with Crippen LogP contribution < -0.4 is 4.74 Å². The van der Waals surface area contributed by atoms with E-state index in [0.717, 1.165) is 11.3 Å². The molecule has 0 atom stereocenters. The molecule has 6 heteroatoms. The van der Waals surface area contributed by atoms with Gasteiger partial charge in [0.2, 0.25) is 5.89 Å². The van der Waals surface area contributed by atoms with E-state index < -0.39 is 0 Å². The maximum atomic E-state index is 8.53. The molecule has 0 N–H and O–H groups in total. The Labute approximate surface area is 109 Å². The van der Waals surface area contributed by atoms with Crippen molar-refractivity contribution < 1.29 is 9.15 Å². The van der Waals surface area contributed by atoms with Crippen molar-refractivity contribution in [3.05, 3.63) is 29.1 Å². The normalized spacial score (nSPS) is 10.0. The van der Waals surface area contributed by atoms with Gasteiger partial charge < -0.3 is 9.15 Å². The zero-order chi connectivity index (χ0) is 13.0. The van der Waals surface area contributed by atoms with Gasteiger partial charge in [-0.2, -0.15) is 5.26 Å². The van der Waals surface area contributed by atoms with E-state index in [4.69, 9.17) is 26.6 Å². The third kappa shape index (κ3) is 2.57. The lowest BCUT2D eigenvalue weighted by Gasteiger charge is -1.99. The summed E-state index contributed by atoms with van der Waals surface area (Å²) in [6.45, 7) is 0.439. The number of benzene rings is 1. The molecule has 2 rings (SSSR count). The summed E-state index contributed by atoms with van der Waals surface area (Å²) in [5.74, 6) is 1.21. The van der Waals surface area contributed by atoms with E-state index in [2.05, 4.69) is 5.10 Å². The van der Waals surface area contributed by atoms with Crippen molar-refractivity contribution in [3.8, 4) is 23.3 Å². The van der Waals surface area contributed by atoms with Crippen molar-refractivity contribution in [2.24, 2.45) is 0 Å². The highest BCUT2D eigenvalue weighted by Crippen LogP contribution is 2.21. The predicted molar refractivity (Wildman–Crippen MR) is 67.5 cm³/mol. The average molecular weight is 261 g/mol. The zero-order valence-electron chi connectivity index (χ0n) is 9.79. The van der Waals surface area contributed by atoms with Gasteiger partial charge in [0.25, 0.3) is 4.84 Å². The molecule has 0 bridgehead atoms. The SMILES string of the molecule is COc1ccc(-c2nn(CCC#N)c(=S)o2)cc1. The Morgan fingerprint density at radius 1 is 1.44 bits per heavy atom. The molecular formula is C12H11N3O2S. The maximum Gasteiger partial charge on any atom is 0.287 e. The molecule has 18 heavy (non-hydrogen) atoms. The molecule has 0 spiro atoms. The van der Waals surface area contributed by atoms with Crippen molar-refractivity contribution in [2.45, 2.75) is 13.0 Å². The summed E-state index contributed by atoms with van der Waals surface area (Å²) < 4.78 is 12.0. The van der Waals surface area contributed by atoms with Gasteiger partial charge >= 0.3 is 0 Å². The van der Waals surface area contributed by atoms with E-state index in [1.165, 1.54) is 4.68 Å². The number of aromatic nitrogens is 2. The monoisotopic (exact) mass is 261 g/mol. The van der Waals surface area contributed by atoms with Crippen molar-refractivity contribution in [3.63, 3.8) is 0 Å². The van der Waals surface area contributed by atoms with Gasteiger partial charge in [0.1, 0.15) is 5.75 Å². The number of rotatable bonds is 4. The Hall–Kier alpha value is -2.13. The zero-order valence-corrected chi connectivity index (χ0v) is 10.6. The van der Waals surface area contributed by atoms with Crippen LogP contribution in [-0.4, -0.2) is 16.9 Å². The molecule has 0 aliphatic heterocycles. The minimum Gasteiger partial charge on any atom is -0.497 e. The van der Waals surface area contributed by atoms with E-state index in [1.807, 2.05) is 30.3 Å². The molecule has 0 saturated carbocycles. The minimum absolute atomic E-state index is 0.274. The molecular weight excluding hydrogens is 250 g/mol. The second-order valence-electron chi connectivity index (χ2n) is 3.53. The van der Waals surface area contributed by atoms with E-state index in [-0.39, 0.29) is 4.84 Å². The Kier molecular flexibility index (Phi) is 3.75. The molecule has 1 aromatic heterocycles. The standard InChI is InChI=1S/C12H11N3O2S/c1-16-10-5-3-9(4-6-10)11-14-15(8-2-7-13)12(18)17-11/h3-6H,2,8H2,1H3. The summed E-state index contributed by atoms with van der Waals surface area (Å²) in [5.41, 5.74) is 0.817. The fourth-order valence-corrected chi connectivity index (χ4v) is 1.66. The number of ether oxygens (including phenoxy) is 1. The number of hydrogen-bond donors (Lipinski definition) is 0. The molecule has 0 aliphatic rings. The van der Waals surface area contributed by atoms with E-state index in [1.54, 1.807) is 7.11 Å². The van der Waals surface area contributed by atoms with Gasteiger partial charge in [0.05, 0.1) is 26.1 Å². The Morgan fingerprint density at radius 3 is 2.78 bits per heavy atom. The first kappa shape index (κ1) is 12.3. The first-order valence-corrected chi connectivity index (χ1v) is 5.74. The van der Waals surface area contributed by atoms with Crippen LogP contribution in [0.15, 0.2) is 28.7 Å². The largest absolute Gasteiger partial charge is 0.497 e. The highest BCUT2D eigenvalue weighted by atomic mass is 32.1. The van der Waals surface area contributed by atoms with Crippen LogP contribution in [0.2, 0.25) is 0 Å². The second-order valence-corrected chi connectivity index (χ2v) is 3.88. The molecule has 2 aromatic rings. The Morgan fingerprint density at radius 2 is 2.17 bits per heavy atom. The summed E-state index contributed by atoms with van der Waals surface area (Å²) >= 11 is 5.03. The lowest BCUT2D eigenvalue weighted by atomic mass is 10.2. The third-order valence-corrected chi connectivity index (χ3v) is 2.67. The summed E-state index contributed by atoms with van der Waals surface area (Å²) in [6, 6.07) is 9.37. The molecule has 1 aromatic carbocycles. The molecule has 0 amide bonds. The predicted octanol–water partition coefficient (Wildman–Crippen LogP) is 2.79. The van der Waals surface area contributed by atoms with Crippen molar-refractivity contribution >= 4 is 12.2 Å². The van der Waals surface area contributed by atoms with Gasteiger partial charge in [-0.1, -0.05) is 0 Å². The Bertz CT molecular complexity index is 622. The van der Waals surface area contributed by atoms with Crippen LogP contribution in [0.5, 0.6) is 5.75 Å². The van der Waals surface area contributed by atoms with Gasteiger partial charge in [-0.3, -0.25) is 0 Å². The lowest BCUT2D eigenvalue weighted by Crippen LogP contribution is -1.99. The summed E-state index contributed by atoms with van der Waals surface area (Å²) in [6.07, 6.45) is 0.350. The number of nitrogens with zero attached hydrogens (tertiary/aromatic N) is 3. The highest BCUT2D eigenvalue weighted by molar-refractivity contribution is 7.71. The van der Waals surface area contributed by atoms with Gasteiger partial charge in [-0.25, -0.2) is 4.68 Å².